The minimum atomic E-state index is -0.193. The Morgan fingerprint density at radius 1 is 1.19 bits per heavy atom. The molecule has 3 aromatic rings. The van der Waals surface area contributed by atoms with Crippen LogP contribution in [0.4, 0.5) is 0 Å². The standard InChI is InChI=1S/C18H20BrN5O2/c1-14-16(19)12-23(21-14)10-5-9-20-18(25)17-8-11-24(22-17)13-26-15-6-3-2-4-7-15/h2-4,6-8,11-12H,5,9-10,13H2,1H3,(H,20,25). The Morgan fingerprint density at radius 3 is 2.73 bits per heavy atom. The molecule has 1 amide bonds. The van der Waals surface area contributed by atoms with Gasteiger partial charge in [-0.15, -0.1) is 0 Å². The van der Waals surface area contributed by atoms with Crippen molar-refractivity contribution in [2.75, 3.05) is 6.54 Å². The predicted octanol–water partition coefficient (Wildman–Crippen LogP) is 3.01. The van der Waals surface area contributed by atoms with Crippen molar-refractivity contribution in [3.8, 4) is 5.75 Å². The molecule has 1 N–H and O–H groups in total. The zero-order chi connectivity index (χ0) is 18.4. The maximum Gasteiger partial charge on any atom is 0.271 e. The first-order valence-electron chi connectivity index (χ1n) is 8.31. The van der Waals surface area contributed by atoms with Crippen LogP contribution < -0.4 is 10.1 Å². The van der Waals surface area contributed by atoms with Crippen molar-refractivity contribution in [2.45, 2.75) is 26.6 Å². The van der Waals surface area contributed by atoms with Crippen molar-refractivity contribution in [1.29, 1.82) is 0 Å². The molecule has 3 rings (SSSR count). The molecule has 0 bridgehead atoms. The maximum atomic E-state index is 12.1. The number of rotatable bonds is 8. The summed E-state index contributed by atoms with van der Waals surface area (Å²) in [6.07, 6.45) is 4.45. The summed E-state index contributed by atoms with van der Waals surface area (Å²) in [7, 11) is 0. The van der Waals surface area contributed by atoms with Gasteiger partial charge in [0, 0.05) is 25.5 Å². The second-order valence-corrected chi connectivity index (χ2v) is 6.62. The van der Waals surface area contributed by atoms with Gasteiger partial charge in [0.15, 0.2) is 6.73 Å². The summed E-state index contributed by atoms with van der Waals surface area (Å²) in [6, 6.07) is 11.2. The highest BCUT2D eigenvalue weighted by molar-refractivity contribution is 9.10. The van der Waals surface area contributed by atoms with E-state index in [-0.39, 0.29) is 12.6 Å². The van der Waals surface area contributed by atoms with E-state index in [4.69, 9.17) is 4.74 Å². The molecule has 0 atom stereocenters. The van der Waals surface area contributed by atoms with E-state index >= 15 is 0 Å². The highest BCUT2D eigenvalue weighted by Crippen LogP contribution is 2.13. The lowest BCUT2D eigenvalue weighted by atomic mass is 10.3. The Balaban J connectivity index is 1.41. The van der Waals surface area contributed by atoms with Crippen LogP contribution in [0.3, 0.4) is 0 Å². The zero-order valence-corrected chi connectivity index (χ0v) is 16.0. The van der Waals surface area contributed by atoms with Crippen LogP contribution in [-0.2, 0) is 13.3 Å². The van der Waals surface area contributed by atoms with Crippen LogP contribution >= 0.6 is 15.9 Å². The van der Waals surface area contributed by atoms with E-state index in [9.17, 15) is 4.79 Å². The number of hydrogen-bond acceptors (Lipinski definition) is 4. The molecular formula is C18H20BrN5O2. The summed E-state index contributed by atoms with van der Waals surface area (Å²) in [5.41, 5.74) is 1.33. The number of ether oxygens (including phenoxy) is 1. The SMILES string of the molecule is Cc1nn(CCCNC(=O)c2ccn(COc3ccccc3)n2)cc1Br. The molecular weight excluding hydrogens is 398 g/mol. The molecule has 136 valence electrons. The lowest BCUT2D eigenvalue weighted by Gasteiger charge is -2.06. The third-order valence-corrected chi connectivity index (χ3v) is 4.49. The normalized spacial score (nSPS) is 10.7. The third-order valence-electron chi connectivity index (χ3n) is 3.72. The summed E-state index contributed by atoms with van der Waals surface area (Å²) in [4.78, 5) is 12.1. The van der Waals surface area contributed by atoms with Crippen LogP contribution in [-0.4, -0.2) is 32.0 Å². The third kappa shape index (κ3) is 4.95. The van der Waals surface area contributed by atoms with E-state index < -0.39 is 0 Å². The molecule has 0 saturated heterocycles. The average Bonchev–Trinajstić information content (AvgIpc) is 3.25. The molecule has 2 heterocycles. The monoisotopic (exact) mass is 417 g/mol. The lowest BCUT2D eigenvalue weighted by molar-refractivity contribution is 0.0945. The first-order valence-corrected chi connectivity index (χ1v) is 9.10. The molecule has 0 aliphatic heterocycles. The molecule has 0 unspecified atom stereocenters. The Labute approximate surface area is 160 Å². The largest absolute Gasteiger partial charge is 0.471 e. The van der Waals surface area contributed by atoms with E-state index in [1.165, 1.54) is 0 Å². The molecule has 2 aromatic heterocycles. The smallest absolute Gasteiger partial charge is 0.271 e. The first-order chi connectivity index (χ1) is 12.6. The molecule has 0 spiro atoms. The van der Waals surface area contributed by atoms with Gasteiger partial charge in [0.1, 0.15) is 11.4 Å². The number of nitrogens with zero attached hydrogens (tertiary/aromatic N) is 4. The molecule has 8 heteroatoms. The van der Waals surface area contributed by atoms with E-state index in [0.717, 1.165) is 28.9 Å². The van der Waals surface area contributed by atoms with Gasteiger partial charge in [0.25, 0.3) is 5.91 Å². The van der Waals surface area contributed by atoms with Crippen LogP contribution in [0.15, 0.2) is 53.3 Å². The van der Waals surface area contributed by atoms with Gasteiger partial charge < -0.3 is 10.1 Å². The van der Waals surface area contributed by atoms with Gasteiger partial charge in [0.05, 0.1) is 10.2 Å². The number of hydrogen-bond donors (Lipinski definition) is 1. The molecule has 0 aliphatic rings. The predicted molar refractivity (Wildman–Crippen MR) is 101 cm³/mol. The van der Waals surface area contributed by atoms with Crippen LogP contribution in [0.2, 0.25) is 0 Å². The Bertz CT molecular complexity index is 840. The summed E-state index contributed by atoms with van der Waals surface area (Å²) >= 11 is 3.43. The van der Waals surface area contributed by atoms with E-state index in [1.807, 2.05) is 48.1 Å². The van der Waals surface area contributed by atoms with Gasteiger partial charge in [0.2, 0.25) is 0 Å². The number of benzene rings is 1. The molecule has 26 heavy (non-hydrogen) atoms. The number of halogens is 1. The van der Waals surface area contributed by atoms with E-state index in [2.05, 4.69) is 31.4 Å². The lowest BCUT2D eigenvalue weighted by Crippen LogP contribution is -2.26. The number of aryl methyl sites for hydroxylation is 2. The minimum absolute atomic E-state index is 0.193. The number of carbonyl (C=O) groups is 1. The van der Waals surface area contributed by atoms with Crippen molar-refractivity contribution in [3.63, 3.8) is 0 Å². The van der Waals surface area contributed by atoms with Gasteiger partial charge in [-0.05, 0) is 47.5 Å². The molecule has 0 aliphatic carbocycles. The average molecular weight is 418 g/mol. The summed E-state index contributed by atoms with van der Waals surface area (Å²) in [5, 5.41) is 11.5. The number of para-hydroxylation sites is 1. The number of carbonyl (C=O) groups excluding carboxylic acids is 1. The van der Waals surface area contributed by atoms with Gasteiger partial charge in [-0.2, -0.15) is 10.2 Å². The fourth-order valence-corrected chi connectivity index (χ4v) is 2.67. The molecule has 0 saturated carbocycles. The highest BCUT2D eigenvalue weighted by Gasteiger charge is 2.09. The zero-order valence-electron chi connectivity index (χ0n) is 14.4. The van der Waals surface area contributed by atoms with Crippen LogP contribution in [0.1, 0.15) is 22.6 Å². The molecule has 0 fully saturated rings. The van der Waals surface area contributed by atoms with Crippen LogP contribution in [0.5, 0.6) is 5.75 Å². The van der Waals surface area contributed by atoms with Crippen LogP contribution in [0, 0.1) is 6.92 Å². The van der Waals surface area contributed by atoms with Crippen molar-refractivity contribution in [1.82, 2.24) is 24.9 Å². The van der Waals surface area contributed by atoms with Crippen LogP contribution in [0.25, 0.3) is 0 Å². The second-order valence-electron chi connectivity index (χ2n) is 5.76. The van der Waals surface area contributed by atoms with Crippen molar-refractivity contribution in [2.24, 2.45) is 0 Å². The molecule has 1 aromatic carbocycles. The quantitative estimate of drug-likeness (QED) is 0.571. The fraction of sp³-hybridized carbons (Fsp3) is 0.278. The summed E-state index contributed by atoms with van der Waals surface area (Å²) in [5.74, 6) is 0.566. The number of amides is 1. The fourth-order valence-electron chi connectivity index (χ4n) is 2.35. The second kappa shape index (κ2) is 8.66. The van der Waals surface area contributed by atoms with Gasteiger partial charge >= 0.3 is 0 Å². The minimum Gasteiger partial charge on any atom is -0.471 e. The van der Waals surface area contributed by atoms with Gasteiger partial charge in [-0.25, -0.2) is 4.68 Å². The first kappa shape index (κ1) is 18.2. The Morgan fingerprint density at radius 2 is 2.00 bits per heavy atom. The number of aromatic nitrogens is 4. The molecule has 7 nitrogen and oxygen atoms in total. The summed E-state index contributed by atoms with van der Waals surface area (Å²) < 4.78 is 10.0. The highest BCUT2D eigenvalue weighted by atomic mass is 79.9. The van der Waals surface area contributed by atoms with E-state index in [1.54, 1.807) is 16.9 Å². The van der Waals surface area contributed by atoms with Gasteiger partial charge in [-0.1, -0.05) is 18.2 Å². The molecule has 0 radical (unpaired) electrons. The number of nitrogens with one attached hydrogen (secondary N) is 1. The maximum absolute atomic E-state index is 12.1. The van der Waals surface area contributed by atoms with Gasteiger partial charge in [-0.3, -0.25) is 9.48 Å². The summed E-state index contributed by atoms with van der Waals surface area (Å²) in [6.45, 7) is 3.50. The Kier molecular flexibility index (Phi) is 6.06. The van der Waals surface area contributed by atoms with E-state index in [0.29, 0.717) is 12.2 Å². The van der Waals surface area contributed by atoms with Crippen molar-refractivity contribution in [3.05, 3.63) is 64.7 Å². The topological polar surface area (TPSA) is 74.0 Å². The Hall–Kier alpha value is -2.61. The van der Waals surface area contributed by atoms with Crippen molar-refractivity contribution < 1.29 is 9.53 Å². The van der Waals surface area contributed by atoms with Crippen molar-refractivity contribution >= 4 is 21.8 Å².